The lowest BCUT2D eigenvalue weighted by atomic mass is 9.87. The summed E-state index contributed by atoms with van der Waals surface area (Å²) in [5.74, 6) is 0. The fourth-order valence-electron chi connectivity index (χ4n) is 2.49. The van der Waals surface area contributed by atoms with Crippen molar-refractivity contribution in [1.29, 1.82) is 0 Å². The molecule has 0 bridgehead atoms. The molecule has 2 N–H and O–H groups in total. The van der Waals surface area contributed by atoms with Gasteiger partial charge in [0, 0.05) is 25.2 Å². The first-order chi connectivity index (χ1) is 8.17. The first-order valence-electron chi connectivity index (χ1n) is 7.64. The Balaban J connectivity index is 2.42. The summed E-state index contributed by atoms with van der Waals surface area (Å²) in [6, 6.07) is 1.33. The molecule has 1 fully saturated rings. The van der Waals surface area contributed by atoms with Gasteiger partial charge in [0.15, 0.2) is 0 Å². The molecule has 1 saturated carbocycles. The monoisotopic (exact) mass is 254 g/mol. The van der Waals surface area contributed by atoms with Gasteiger partial charge < -0.3 is 10.6 Å². The minimum absolute atomic E-state index is 0.381. The predicted molar refractivity (Wildman–Crippen MR) is 81.0 cm³/mol. The van der Waals surface area contributed by atoms with Gasteiger partial charge in [0.1, 0.15) is 0 Å². The van der Waals surface area contributed by atoms with E-state index >= 15 is 0 Å². The van der Waals surface area contributed by atoms with E-state index in [1.54, 1.807) is 0 Å². The van der Waals surface area contributed by atoms with E-state index in [-0.39, 0.29) is 0 Å². The standard InChI is InChI=1S/C16H34N2/c1-15(2,3)11-17-13-9-7-8-10-14(13)18-12-16(4,5)6/h13-14,17-18H,7-12H2,1-6H3/t13-,14?/m1/s1. The average Bonchev–Trinajstić information content (AvgIpc) is 2.22. The molecule has 1 aliphatic rings. The largest absolute Gasteiger partial charge is 0.312 e. The van der Waals surface area contributed by atoms with Gasteiger partial charge in [-0.05, 0) is 23.7 Å². The van der Waals surface area contributed by atoms with Gasteiger partial charge in [-0.1, -0.05) is 54.4 Å². The van der Waals surface area contributed by atoms with Gasteiger partial charge in [0.25, 0.3) is 0 Å². The summed E-state index contributed by atoms with van der Waals surface area (Å²) >= 11 is 0. The molecule has 0 heterocycles. The molecule has 2 heteroatoms. The van der Waals surface area contributed by atoms with Crippen LogP contribution in [0.1, 0.15) is 67.2 Å². The first-order valence-corrected chi connectivity index (χ1v) is 7.64. The van der Waals surface area contributed by atoms with Crippen LogP contribution in [0.15, 0.2) is 0 Å². The quantitative estimate of drug-likeness (QED) is 0.801. The van der Waals surface area contributed by atoms with Crippen LogP contribution in [-0.2, 0) is 0 Å². The molecule has 0 radical (unpaired) electrons. The predicted octanol–water partition coefficient (Wildman–Crippen LogP) is 3.57. The SMILES string of the molecule is CC(C)(C)CNC1CCCC[C@H]1NCC(C)(C)C. The second kappa shape index (κ2) is 6.38. The van der Waals surface area contributed by atoms with Gasteiger partial charge in [0.05, 0.1) is 0 Å². The summed E-state index contributed by atoms with van der Waals surface area (Å²) in [7, 11) is 0. The van der Waals surface area contributed by atoms with Crippen molar-refractivity contribution in [3.63, 3.8) is 0 Å². The van der Waals surface area contributed by atoms with Crippen LogP contribution in [0.5, 0.6) is 0 Å². The summed E-state index contributed by atoms with van der Waals surface area (Å²) in [4.78, 5) is 0. The smallest absolute Gasteiger partial charge is 0.0221 e. The van der Waals surface area contributed by atoms with Crippen LogP contribution >= 0.6 is 0 Å². The van der Waals surface area contributed by atoms with Crippen molar-refractivity contribution in [2.24, 2.45) is 10.8 Å². The molecule has 1 rings (SSSR count). The number of hydrogen-bond acceptors (Lipinski definition) is 2. The van der Waals surface area contributed by atoms with E-state index in [2.05, 4.69) is 52.2 Å². The maximum absolute atomic E-state index is 3.79. The highest BCUT2D eigenvalue weighted by Gasteiger charge is 2.26. The first kappa shape index (κ1) is 16.0. The normalized spacial score (nSPS) is 26.3. The Hall–Kier alpha value is -0.0800. The van der Waals surface area contributed by atoms with Crippen molar-refractivity contribution < 1.29 is 0 Å². The van der Waals surface area contributed by atoms with Crippen molar-refractivity contribution in [2.75, 3.05) is 13.1 Å². The zero-order valence-electron chi connectivity index (χ0n) is 13.4. The molecule has 0 aromatic rings. The van der Waals surface area contributed by atoms with Crippen LogP contribution in [0.25, 0.3) is 0 Å². The Morgan fingerprint density at radius 3 is 1.33 bits per heavy atom. The van der Waals surface area contributed by atoms with Crippen LogP contribution in [0.4, 0.5) is 0 Å². The molecule has 0 aromatic carbocycles. The highest BCUT2D eigenvalue weighted by atomic mass is 15.0. The van der Waals surface area contributed by atoms with Crippen molar-refractivity contribution >= 4 is 0 Å². The Kier molecular flexibility index (Phi) is 5.67. The molecule has 1 unspecified atom stereocenters. The fraction of sp³-hybridized carbons (Fsp3) is 1.00. The van der Waals surface area contributed by atoms with Gasteiger partial charge in [0.2, 0.25) is 0 Å². The average molecular weight is 254 g/mol. The maximum Gasteiger partial charge on any atom is 0.0221 e. The summed E-state index contributed by atoms with van der Waals surface area (Å²) < 4.78 is 0. The van der Waals surface area contributed by atoms with Crippen molar-refractivity contribution in [2.45, 2.75) is 79.3 Å². The Labute approximate surface area is 114 Å². The molecule has 0 spiro atoms. The molecule has 0 aromatic heterocycles. The molecule has 2 nitrogen and oxygen atoms in total. The van der Waals surface area contributed by atoms with Gasteiger partial charge in [-0.3, -0.25) is 0 Å². The van der Waals surface area contributed by atoms with Crippen molar-refractivity contribution in [3.8, 4) is 0 Å². The minimum Gasteiger partial charge on any atom is -0.312 e. The second-order valence-corrected chi connectivity index (χ2v) is 8.38. The van der Waals surface area contributed by atoms with Crippen LogP contribution in [0.3, 0.4) is 0 Å². The molecule has 18 heavy (non-hydrogen) atoms. The lowest BCUT2D eigenvalue weighted by Crippen LogP contribution is -2.52. The molecular formula is C16H34N2. The van der Waals surface area contributed by atoms with Crippen LogP contribution in [0.2, 0.25) is 0 Å². The number of nitrogens with one attached hydrogen (secondary N) is 2. The highest BCUT2D eigenvalue weighted by Crippen LogP contribution is 2.21. The maximum atomic E-state index is 3.79. The van der Waals surface area contributed by atoms with Gasteiger partial charge in [-0.25, -0.2) is 0 Å². The van der Waals surface area contributed by atoms with E-state index < -0.39 is 0 Å². The molecule has 0 amide bonds. The van der Waals surface area contributed by atoms with Gasteiger partial charge in [-0.15, -0.1) is 0 Å². The summed E-state index contributed by atoms with van der Waals surface area (Å²) in [5.41, 5.74) is 0.762. The van der Waals surface area contributed by atoms with Crippen molar-refractivity contribution in [1.82, 2.24) is 10.6 Å². The molecule has 1 aliphatic carbocycles. The third-order valence-corrected chi connectivity index (χ3v) is 3.56. The lowest BCUT2D eigenvalue weighted by molar-refractivity contribution is 0.235. The van der Waals surface area contributed by atoms with Crippen molar-refractivity contribution in [3.05, 3.63) is 0 Å². The Morgan fingerprint density at radius 2 is 1.06 bits per heavy atom. The molecular weight excluding hydrogens is 220 g/mol. The van der Waals surface area contributed by atoms with Crippen LogP contribution < -0.4 is 10.6 Å². The van der Waals surface area contributed by atoms with Gasteiger partial charge >= 0.3 is 0 Å². The third kappa shape index (κ3) is 6.75. The van der Waals surface area contributed by atoms with Crippen LogP contribution in [0, 0.1) is 10.8 Å². The second-order valence-electron chi connectivity index (χ2n) is 8.38. The Bertz CT molecular complexity index is 208. The van der Waals surface area contributed by atoms with E-state index in [9.17, 15) is 0 Å². The molecule has 0 saturated heterocycles. The minimum atomic E-state index is 0.381. The highest BCUT2D eigenvalue weighted by molar-refractivity contribution is 4.88. The van der Waals surface area contributed by atoms with E-state index in [0.717, 1.165) is 13.1 Å². The van der Waals surface area contributed by atoms with E-state index in [4.69, 9.17) is 0 Å². The molecule has 108 valence electrons. The zero-order valence-corrected chi connectivity index (χ0v) is 13.4. The van der Waals surface area contributed by atoms with E-state index in [1.807, 2.05) is 0 Å². The molecule has 2 atom stereocenters. The van der Waals surface area contributed by atoms with E-state index in [0.29, 0.717) is 22.9 Å². The third-order valence-electron chi connectivity index (χ3n) is 3.56. The molecule has 0 aliphatic heterocycles. The summed E-state index contributed by atoms with van der Waals surface area (Å²) in [6.45, 7) is 16.1. The van der Waals surface area contributed by atoms with E-state index in [1.165, 1.54) is 25.7 Å². The number of hydrogen-bond donors (Lipinski definition) is 2. The fourth-order valence-corrected chi connectivity index (χ4v) is 2.49. The topological polar surface area (TPSA) is 24.1 Å². The Morgan fingerprint density at radius 1 is 0.722 bits per heavy atom. The summed E-state index contributed by atoms with van der Waals surface area (Å²) in [5, 5.41) is 7.57. The zero-order chi connectivity index (χ0) is 13.8. The van der Waals surface area contributed by atoms with Gasteiger partial charge in [-0.2, -0.15) is 0 Å². The lowest BCUT2D eigenvalue weighted by Gasteiger charge is -2.36. The summed E-state index contributed by atoms with van der Waals surface area (Å²) in [6.07, 6.45) is 5.43. The number of rotatable bonds is 4. The van der Waals surface area contributed by atoms with Crippen LogP contribution in [-0.4, -0.2) is 25.2 Å².